The number of nitrogens with two attached hydrogens (primary N) is 2. The predicted octanol–water partition coefficient (Wildman–Crippen LogP) is -2.03. The van der Waals surface area contributed by atoms with Gasteiger partial charge >= 0.3 is 5.97 Å². The average molecular weight is 1740 g/mol. The molecule has 0 unspecified atom stereocenters. The van der Waals surface area contributed by atoms with Crippen LogP contribution in [0.3, 0.4) is 0 Å². The molecule has 1 aromatic heterocycles. The number of amides is 16. The van der Waals surface area contributed by atoms with Gasteiger partial charge < -0.3 is 116 Å². The highest BCUT2D eigenvalue weighted by Crippen LogP contribution is 2.24. The first-order chi connectivity index (χ1) is 58.1. The summed E-state index contributed by atoms with van der Waals surface area (Å²) in [5, 5.41) is 77.9. The van der Waals surface area contributed by atoms with E-state index in [0.29, 0.717) is 34.9 Å². The number of primary amides is 1. The van der Waals surface area contributed by atoms with Crippen molar-refractivity contribution in [3.63, 3.8) is 0 Å². The van der Waals surface area contributed by atoms with E-state index in [2.05, 4.69) is 79.4 Å². The Hall–Kier alpha value is -11.2. The Bertz CT molecular complexity index is 4150. The number of fused-ring (bicyclic) bond motifs is 1. The van der Waals surface area contributed by atoms with E-state index >= 15 is 0 Å². The molecule has 23 N–H and O–H groups in total. The molecular formula is C85H134N18O21. The van der Waals surface area contributed by atoms with Crippen LogP contribution in [0.4, 0.5) is 0 Å². The van der Waals surface area contributed by atoms with Crippen molar-refractivity contribution in [1.29, 1.82) is 0 Å². The predicted molar refractivity (Wildman–Crippen MR) is 457 cm³/mol. The Balaban J connectivity index is 1.57. The Labute approximate surface area is 723 Å². The molecule has 0 aliphatic carbocycles. The third-order valence-corrected chi connectivity index (χ3v) is 21.2. The molecule has 2 aromatic carbocycles. The van der Waals surface area contributed by atoms with Crippen molar-refractivity contribution in [2.24, 2.45) is 52.9 Å². The summed E-state index contributed by atoms with van der Waals surface area (Å²) in [5.41, 5.74) is 13.0. The molecule has 124 heavy (non-hydrogen) atoms. The van der Waals surface area contributed by atoms with E-state index in [4.69, 9.17) is 11.5 Å². The summed E-state index contributed by atoms with van der Waals surface area (Å²) in [5.74, 6) is -18.6. The van der Waals surface area contributed by atoms with Crippen molar-refractivity contribution >= 4 is 111 Å². The van der Waals surface area contributed by atoms with Crippen molar-refractivity contribution in [3.8, 4) is 0 Å². The van der Waals surface area contributed by atoms with E-state index < -0.39 is 253 Å². The van der Waals surface area contributed by atoms with Crippen molar-refractivity contribution in [2.75, 3.05) is 19.7 Å². The van der Waals surface area contributed by atoms with Crippen molar-refractivity contribution in [3.05, 3.63) is 71.9 Å². The van der Waals surface area contributed by atoms with Crippen LogP contribution in [-0.2, 0) is 94.3 Å². The number of H-pyrrole nitrogens is 1. The minimum atomic E-state index is -1.96. The number of nitrogens with one attached hydrogen (secondary N) is 15. The number of aromatic nitrogens is 1. The lowest BCUT2D eigenvalue weighted by molar-refractivity contribution is -0.143. The summed E-state index contributed by atoms with van der Waals surface area (Å²) in [4.78, 5) is 241. The number of nitrogens with zero attached hydrogens (tertiary/aromatic N) is 1. The molecule has 0 bridgehead atoms. The minimum absolute atomic E-state index is 0.0939. The van der Waals surface area contributed by atoms with Gasteiger partial charge in [0.05, 0.1) is 25.4 Å². The number of carbonyl (C=O) groups is 17. The number of carbonyl (C=O) groups excluding carboxylic acids is 16. The van der Waals surface area contributed by atoms with Gasteiger partial charge in [0.15, 0.2) is 0 Å². The summed E-state index contributed by atoms with van der Waals surface area (Å²) >= 11 is 0. The van der Waals surface area contributed by atoms with E-state index in [9.17, 15) is 102 Å². The molecule has 1 aliphatic heterocycles. The van der Waals surface area contributed by atoms with E-state index in [0.717, 1.165) is 6.92 Å². The Morgan fingerprint density at radius 2 is 0.919 bits per heavy atom. The quantitative estimate of drug-likeness (QED) is 0.0290. The highest BCUT2D eigenvalue weighted by Gasteiger charge is 2.43. The van der Waals surface area contributed by atoms with Gasteiger partial charge in [-0.2, -0.15) is 0 Å². The van der Waals surface area contributed by atoms with E-state index in [1.54, 1.807) is 144 Å². The van der Waals surface area contributed by atoms with Crippen molar-refractivity contribution in [1.82, 2.24) is 84.3 Å². The van der Waals surface area contributed by atoms with Gasteiger partial charge in [0, 0.05) is 42.9 Å². The second kappa shape index (κ2) is 50.5. The molecule has 4 rings (SSSR count). The maximum absolute atomic E-state index is 14.9. The average Bonchev–Trinajstić information content (AvgIpc) is 1.67. The number of benzene rings is 2. The molecule has 1 fully saturated rings. The summed E-state index contributed by atoms with van der Waals surface area (Å²) in [6.45, 7) is 26.0. The number of aliphatic hydroxyl groups is 3. The zero-order valence-electron chi connectivity index (χ0n) is 74.2. The number of para-hydroxylation sites is 1. The smallest absolute Gasteiger partial charge is 0.326 e. The monoisotopic (exact) mass is 1740 g/mol. The van der Waals surface area contributed by atoms with Crippen molar-refractivity contribution in [2.45, 2.75) is 285 Å². The Morgan fingerprint density at radius 1 is 0.468 bits per heavy atom. The molecule has 16 amide bonds. The van der Waals surface area contributed by atoms with Crippen LogP contribution in [-0.4, -0.2) is 253 Å². The molecule has 1 saturated heterocycles. The zero-order chi connectivity index (χ0) is 93.4. The Morgan fingerprint density at radius 3 is 1.47 bits per heavy atom. The number of aliphatic hydroxyl groups excluding tert-OH is 3. The molecule has 0 saturated carbocycles. The molecule has 0 radical (unpaired) electrons. The lowest BCUT2D eigenvalue weighted by Crippen LogP contribution is -2.63. The molecule has 3 aromatic rings. The van der Waals surface area contributed by atoms with Gasteiger partial charge in [-0.25, -0.2) is 4.79 Å². The number of hydrogen-bond donors (Lipinski definition) is 21. The number of hydrogen-bond acceptors (Lipinski definition) is 21. The van der Waals surface area contributed by atoms with Crippen LogP contribution in [0, 0.1) is 41.4 Å². The number of carboxylic acid groups (broad SMARTS) is 1. The van der Waals surface area contributed by atoms with Crippen LogP contribution < -0.4 is 85.9 Å². The van der Waals surface area contributed by atoms with E-state index in [1.165, 1.54) is 18.7 Å². The summed E-state index contributed by atoms with van der Waals surface area (Å²) in [7, 11) is 0. The standard InChI is InChI=1S/C85H134N18O21/c1-18-47(14)69(101-76(114)57(34-42(4)5)95-78(116)62-29-24-32-103(62)84(122)68(46(12)13)100-79(117)65(87)49(16)105)82(120)99-67(45(10)11)81(119)90-48(15)71(109)93-58(36-51-25-20-19-21-26-51)74(112)92-55(30-31-63(86)107)72(110)102-70(50(17)106)83(121)96-59(37-52-38-88-54-28-23-22-27-53(52)54)75(113)94-56(33-41(2)3)73(111)97-61(40-104)77(115)98-66(44(8)9)80(118)89-39-64(108)91-60(85(123)124)35-43(6)7/h19-23,25-28,38,41-50,55-62,65-70,88,104-106H,18,24,29-37,39-40,87H2,1-17H3,(H2,86,107)(H,89,118)(H,90,119)(H,91,108)(H,92,112)(H,93,109)(H,94,113)(H,95,116)(H,96,121)(H,97,111)(H,98,115)(H,99,120)(H,100,117)(H,101,114)(H,102,110)(H,123,124)/t47-,48-,49+,50+,55-,56-,57-,58-,59-,60-,61-,62-,65-,66-,67-,68-,69-,70-/m0/s1. The van der Waals surface area contributed by atoms with Crippen LogP contribution in [0.1, 0.15) is 180 Å². The van der Waals surface area contributed by atoms with Crippen molar-refractivity contribution < 1.29 is 102 Å². The number of carboxylic acids is 1. The lowest BCUT2D eigenvalue weighted by Gasteiger charge is -2.33. The fourth-order valence-electron chi connectivity index (χ4n) is 13.8. The molecule has 18 atom stereocenters. The number of rotatable bonds is 51. The first-order valence-corrected chi connectivity index (χ1v) is 42.5. The lowest BCUT2D eigenvalue weighted by atomic mass is 9.95. The normalized spacial score (nSPS) is 16.9. The van der Waals surface area contributed by atoms with E-state index in [-0.39, 0.29) is 62.8 Å². The van der Waals surface area contributed by atoms with Gasteiger partial charge in [-0.3, -0.25) is 76.7 Å². The summed E-state index contributed by atoms with van der Waals surface area (Å²) in [6.07, 6.45) is -1.98. The Kier molecular flexibility index (Phi) is 42.9. The molecule has 39 nitrogen and oxygen atoms in total. The number of aliphatic carboxylic acids is 1. The van der Waals surface area contributed by atoms with Gasteiger partial charge in [0.1, 0.15) is 90.6 Å². The molecule has 2 heterocycles. The second-order valence-electron chi connectivity index (χ2n) is 34.3. The SMILES string of the molecule is CC[C@H](C)[C@H](NC(=O)[C@H](CC(C)C)NC(=O)[C@@H]1CCCN1C(=O)[C@@H](NC(=O)[C@@H](N)[C@@H](C)O)C(C)C)C(=O)N[C@H](C(=O)N[C@@H](C)C(=O)N[C@@H](Cc1ccccc1)C(=O)N[C@@H](CCC(N)=O)C(=O)N[C@H](C(=O)N[C@@H](Cc1c[nH]c2ccccc12)C(=O)N[C@@H](CC(C)C)C(=O)N[C@@H](CO)C(=O)N[C@H](C(=O)NCC(=O)N[C@@H](CC(C)C)C(=O)O)C(C)C)[C@@H](C)O)C(C)C. The molecule has 1 aliphatic rings. The van der Waals surface area contributed by atoms with Crippen LogP contribution in [0.2, 0.25) is 0 Å². The van der Waals surface area contributed by atoms with Crippen LogP contribution >= 0.6 is 0 Å². The largest absolute Gasteiger partial charge is 0.480 e. The van der Waals surface area contributed by atoms with Gasteiger partial charge in [-0.1, -0.05) is 152 Å². The minimum Gasteiger partial charge on any atom is -0.480 e. The van der Waals surface area contributed by atoms with Crippen LogP contribution in [0.25, 0.3) is 10.9 Å². The van der Waals surface area contributed by atoms with Gasteiger partial charge in [-0.15, -0.1) is 0 Å². The third kappa shape index (κ3) is 33.1. The fraction of sp³-hybridized carbons (Fsp3) is 0.635. The fourth-order valence-corrected chi connectivity index (χ4v) is 13.8. The maximum Gasteiger partial charge on any atom is 0.326 e. The topological polar surface area (TPSA) is 611 Å². The number of aromatic amines is 1. The zero-order valence-corrected chi connectivity index (χ0v) is 74.2. The molecule has 0 spiro atoms. The van der Waals surface area contributed by atoms with Gasteiger partial charge in [0.2, 0.25) is 94.5 Å². The molecule has 690 valence electrons. The first kappa shape index (κ1) is 105. The third-order valence-electron chi connectivity index (χ3n) is 21.2. The van der Waals surface area contributed by atoms with Crippen LogP contribution in [0.15, 0.2) is 60.8 Å². The summed E-state index contributed by atoms with van der Waals surface area (Å²) in [6, 6.07) is -6.44. The maximum atomic E-state index is 14.9. The highest BCUT2D eigenvalue weighted by atomic mass is 16.4. The molecule has 39 heteroatoms. The van der Waals surface area contributed by atoms with Gasteiger partial charge in [-0.05, 0) is 118 Å². The van der Waals surface area contributed by atoms with Gasteiger partial charge in [0.25, 0.3) is 0 Å². The second-order valence-corrected chi connectivity index (χ2v) is 34.3. The number of likely N-dealkylation sites (tertiary alicyclic amines) is 1. The first-order valence-electron chi connectivity index (χ1n) is 42.5. The van der Waals surface area contributed by atoms with E-state index in [1.807, 2.05) is 13.8 Å². The highest BCUT2D eigenvalue weighted by molar-refractivity contribution is 6.01. The van der Waals surface area contributed by atoms with Crippen LogP contribution in [0.5, 0.6) is 0 Å². The summed E-state index contributed by atoms with van der Waals surface area (Å²) < 4.78 is 0. The molecular weight excluding hydrogens is 1610 g/mol.